The Labute approximate surface area is 131 Å². The second kappa shape index (κ2) is 6.13. The van der Waals surface area contributed by atoms with Crippen LogP contribution >= 0.6 is 0 Å². The number of hydrogen-bond acceptors (Lipinski definition) is 2. The van der Waals surface area contributed by atoms with Crippen LogP contribution in [0.2, 0.25) is 0 Å². The molecule has 1 aromatic heterocycles. The van der Waals surface area contributed by atoms with Gasteiger partial charge in [0, 0.05) is 35.6 Å². The largest absolute Gasteiger partial charge is 0.358 e. The van der Waals surface area contributed by atoms with Crippen molar-refractivity contribution in [1.29, 1.82) is 0 Å². The van der Waals surface area contributed by atoms with Crippen molar-refractivity contribution in [3.63, 3.8) is 0 Å². The van der Waals surface area contributed by atoms with E-state index in [0.29, 0.717) is 0 Å². The van der Waals surface area contributed by atoms with Crippen LogP contribution in [0.5, 0.6) is 0 Å². The maximum Gasteiger partial charge on any atom is 0.223 e. The fourth-order valence-corrected chi connectivity index (χ4v) is 3.30. The third kappa shape index (κ3) is 3.02. The second-order valence-electron chi connectivity index (χ2n) is 6.67. The SMILES string of the molecule is Cc1ccc2[nH]c3c(c2c1)CC(C(=O)NCCN(C)C)CC3. The maximum atomic E-state index is 12.4. The highest BCUT2D eigenvalue weighted by Crippen LogP contribution is 2.32. The molecule has 0 spiro atoms. The lowest BCUT2D eigenvalue weighted by molar-refractivity contribution is -0.125. The van der Waals surface area contributed by atoms with E-state index >= 15 is 0 Å². The van der Waals surface area contributed by atoms with Crippen molar-refractivity contribution >= 4 is 16.8 Å². The molecule has 22 heavy (non-hydrogen) atoms. The number of benzene rings is 1. The zero-order chi connectivity index (χ0) is 15.7. The van der Waals surface area contributed by atoms with E-state index in [1.54, 1.807) is 0 Å². The summed E-state index contributed by atoms with van der Waals surface area (Å²) in [5.41, 5.74) is 5.13. The maximum absolute atomic E-state index is 12.4. The van der Waals surface area contributed by atoms with Gasteiger partial charge in [-0.15, -0.1) is 0 Å². The summed E-state index contributed by atoms with van der Waals surface area (Å²) in [6.45, 7) is 3.73. The molecular weight excluding hydrogens is 274 g/mol. The fraction of sp³-hybridized carbons (Fsp3) is 0.500. The molecule has 1 aliphatic rings. The molecular formula is C18H25N3O. The topological polar surface area (TPSA) is 48.1 Å². The Hall–Kier alpha value is -1.81. The molecule has 0 fully saturated rings. The smallest absolute Gasteiger partial charge is 0.223 e. The van der Waals surface area contributed by atoms with Gasteiger partial charge in [0.1, 0.15) is 0 Å². The average molecular weight is 299 g/mol. The Morgan fingerprint density at radius 3 is 3.00 bits per heavy atom. The lowest BCUT2D eigenvalue weighted by atomic mass is 9.85. The highest BCUT2D eigenvalue weighted by atomic mass is 16.1. The molecule has 3 rings (SSSR count). The van der Waals surface area contributed by atoms with Crippen LogP contribution in [0.25, 0.3) is 10.9 Å². The molecule has 1 unspecified atom stereocenters. The Morgan fingerprint density at radius 2 is 2.23 bits per heavy atom. The summed E-state index contributed by atoms with van der Waals surface area (Å²) in [6, 6.07) is 6.52. The predicted octanol–water partition coefficient (Wildman–Crippen LogP) is 2.26. The monoisotopic (exact) mass is 299 g/mol. The molecule has 4 nitrogen and oxygen atoms in total. The van der Waals surface area contributed by atoms with Crippen LogP contribution in [-0.2, 0) is 17.6 Å². The normalized spacial score (nSPS) is 17.7. The van der Waals surface area contributed by atoms with Gasteiger partial charge < -0.3 is 15.2 Å². The number of aromatic amines is 1. The van der Waals surface area contributed by atoms with E-state index in [-0.39, 0.29) is 11.8 Å². The number of aromatic nitrogens is 1. The summed E-state index contributed by atoms with van der Waals surface area (Å²) in [4.78, 5) is 18.0. The van der Waals surface area contributed by atoms with Crippen molar-refractivity contribution in [2.75, 3.05) is 27.2 Å². The molecule has 0 radical (unpaired) electrons. The molecule has 1 aromatic carbocycles. The van der Waals surface area contributed by atoms with Crippen LogP contribution in [0, 0.1) is 12.8 Å². The summed E-state index contributed by atoms with van der Waals surface area (Å²) < 4.78 is 0. The van der Waals surface area contributed by atoms with Gasteiger partial charge in [-0.2, -0.15) is 0 Å². The average Bonchev–Trinajstić information content (AvgIpc) is 2.84. The Kier molecular flexibility index (Phi) is 4.21. The molecule has 2 aromatic rings. The third-order valence-electron chi connectivity index (χ3n) is 4.57. The van der Waals surface area contributed by atoms with Gasteiger partial charge in [0.2, 0.25) is 5.91 Å². The van der Waals surface area contributed by atoms with E-state index in [1.165, 1.54) is 27.7 Å². The molecule has 0 bridgehead atoms. The summed E-state index contributed by atoms with van der Waals surface area (Å²) in [6.07, 6.45) is 2.76. The van der Waals surface area contributed by atoms with Crippen molar-refractivity contribution in [1.82, 2.24) is 15.2 Å². The molecule has 4 heteroatoms. The Balaban J connectivity index is 1.74. The number of fused-ring (bicyclic) bond motifs is 3. The first-order chi connectivity index (χ1) is 10.5. The number of carbonyl (C=O) groups excluding carboxylic acids is 1. The Bertz CT molecular complexity index is 687. The summed E-state index contributed by atoms with van der Waals surface area (Å²) in [5.74, 6) is 0.309. The minimum Gasteiger partial charge on any atom is -0.358 e. The van der Waals surface area contributed by atoms with Crippen LogP contribution in [0.15, 0.2) is 18.2 Å². The molecule has 1 atom stereocenters. The predicted molar refractivity (Wildman–Crippen MR) is 90.1 cm³/mol. The summed E-state index contributed by atoms with van der Waals surface area (Å²) in [7, 11) is 4.04. The summed E-state index contributed by atoms with van der Waals surface area (Å²) >= 11 is 0. The van der Waals surface area contributed by atoms with Gasteiger partial charge in [-0.25, -0.2) is 0 Å². The first-order valence-electron chi connectivity index (χ1n) is 8.07. The highest BCUT2D eigenvalue weighted by Gasteiger charge is 2.27. The zero-order valence-corrected chi connectivity index (χ0v) is 13.7. The van der Waals surface area contributed by atoms with Crippen molar-refractivity contribution in [3.8, 4) is 0 Å². The van der Waals surface area contributed by atoms with Gasteiger partial charge in [0.25, 0.3) is 0 Å². The van der Waals surface area contributed by atoms with Gasteiger partial charge in [-0.1, -0.05) is 11.6 Å². The van der Waals surface area contributed by atoms with Crippen LogP contribution in [0.1, 0.15) is 23.2 Å². The first-order valence-corrected chi connectivity index (χ1v) is 8.07. The number of carbonyl (C=O) groups is 1. The lowest BCUT2D eigenvalue weighted by Crippen LogP contribution is -2.37. The molecule has 1 amide bonds. The van der Waals surface area contributed by atoms with E-state index in [9.17, 15) is 4.79 Å². The molecule has 0 aliphatic heterocycles. The molecule has 0 saturated heterocycles. The van der Waals surface area contributed by atoms with E-state index in [1.807, 2.05) is 14.1 Å². The number of nitrogens with zero attached hydrogens (tertiary/aromatic N) is 1. The number of aryl methyl sites for hydroxylation is 2. The second-order valence-corrected chi connectivity index (χ2v) is 6.67. The number of rotatable bonds is 4. The van der Waals surface area contributed by atoms with Gasteiger partial charge >= 0.3 is 0 Å². The van der Waals surface area contributed by atoms with Gasteiger partial charge in [-0.05, 0) is 58.0 Å². The minimum atomic E-state index is 0.106. The van der Waals surface area contributed by atoms with Crippen LogP contribution in [0.4, 0.5) is 0 Å². The molecule has 1 aliphatic carbocycles. The highest BCUT2D eigenvalue weighted by molar-refractivity contribution is 5.87. The van der Waals surface area contributed by atoms with Crippen molar-refractivity contribution < 1.29 is 4.79 Å². The Morgan fingerprint density at radius 1 is 1.41 bits per heavy atom. The van der Waals surface area contributed by atoms with Crippen LogP contribution < -0.4 is 5.32 Å². The van der Waals surface area contributed by atoms with Crippen molar-refractivity contribution in [3.05, 3.63) is 35.0 Å². The number of hydrogen-bond donors (Lipinski definition) is 2. The number of amides is 1. The fourth-order valence-electron chi connectivity index (χ4n) is 3.30. The first kappa shape index (κ1) is 15.1. The van der Waals surface area contributed by atoms with Gasteiger partial charge in [0.15, 0.2) is 0 Å². The lowest BCUT2D eigenvalue weighted by Gasteiger charge is -2.22. The summed E-state index contributed by atoms with van der Waals surface area (Å²) in [5, 5.41) is 4.37. The standard InChI is InChI=1S/C18H25N3O/c1-12-4-6-16-14(10-12)15-11-13(5-7-17(15)20-16)18(22)19-8-9-21(2)3/h4,6,10,13,20H,5,7-9,11H2,1-3H3,(H,19,22). The van der Waals surface area contributed by atoms with E-state index < -0.39 is 0 Å². The van der Waals surface area contributed by atoms with Crippen LogP contribution in [-0.4, -0.2) is 43.0 Å². The molecule has 0 saturated carbocycles. The number of H-pyrrole nitrogens is 1. The quantitative estimate of drug-likeness (QED) is 0.910. The van der Waals surface area contributed by atoms with Crippen molar-refractivity contribution in [2.24, 2.45) is 5.92 Å². The van der Waals surface area contributed by atoms with Crippen LogP contribution in [0.3, 0.4) is 0 Å². The molecule has 2 N–H and O–H groups in total. The third-order valence-corrected chi connectivity index (χ3v) is 4.57. The number of nitrogens with one attached hydrogen (secondary N) is 2. The van der Waals surface area contributed by atoms with E-state index in [4.69, 9.17) is 0 Å². The zero-order valence-electron chi connectivity index (χ0n) is 13.7. The van der Waals surface area contributed by atoms with Gasteiger partial charge in [0.05, 0.1) is 0 Å². The minimum absolute atomic E-state index is 0.106. The van der Waals surface area contributed by atoms with Crippen molar-refractivity contribution in [2.45, 2.75) is 26.2 Å². The van der Waals surface area contributed by atoms with E-state index in [0.717, 1.165) is 32.4 Å². The molecule has 1 heterocycles. The number of likely N-dealkylation sites (N-methyl/N-ethyl adjacent to an activating group) is 1. The van der Waals surface area contributed by atoms with E-state index in [2.05, 4.69) is 40.3 Å². The van der Waals surface area contributed by atoms with Gasteiger partial charge in [-0.3, -0.25) is 4.79 Å². The molecule has 118 valence electrons.